The van der Waals surface area contributed by atoms with Crippen molar-refractivity contribution in [3.63, 3.8) is 0 Å². The second-order valence-corrected chi connectivity index (χ2v) is 12.6. The molecule has 0 aromatic carbocycles. The third-order valence-electron chi connectivity index (χ3n) is 9.06. The largest absolute Gasteiger partial charge is 0.467 e. The van der Waals surface area contributed by atoms with Crippen molar-refractivity contribution in [1.82, 2.24) is 10.6 Å². The molecular formula is C28H55N7O13. The van der Waals surface area contributed by atoms with Gasteiger partial charge in [-0.2, -0.15) is 0 Å². The quantitative estimate of drug-likeness (QED) is 0.0666. The number of nitrogens with one attached hydrogen (secondary N) is 2. The molecule has 19 N–H and O–H groups in total. The van der Waals surface area contributed by atoms with Gasteiger partial charge in [-0.25, -0.2) is 0 Å². The molecule has 3 heterocycles. The normalized spacial score (nSPS) is 44.3. The van der Waals surface area contributed by atoms with Crippen molar-refractivity contribution in [2.45, 2.75) is 117 Å². The van der Waals surface area contributed by atoms with Gasteiger partial charge in [0.25, 0.3) is 0 Å². The summed E-state index contributed by atoms with van der Waals surface area (Å²) in [7, 11) is 0. The van der Waals surface area contributed by atoms with Gasteiger partial charge >= 0.3 is 0 Å². The van der Waals surface area contributed by atoms with E-state index in [0.29, 0.717) is 25.3 Å². The molecule has 1 saturated carbocycles. The summed E-state index contributed by atoms with van der Waals surface area (Å²) in [6, 6.07) is -3.34. The maximum absolute atomic E-state index is 11.6. The van der Waals surface area contributed by atoms with Gasteiger partial charge in [-0.05, 0) is 18.9 Å². The van der Waals surface area contributed by atoms with E-state index < -0.39 is 111 Å². The van der Waals surface area contributed by atoms with Gasteiger partial charge in [-0.3, -0.25) is 0 Å². The van der Waals surface area contributed by atoms with Crippen LogP contribution in [0.1, 0.15) is 12.8 Å². The smallest absolute Gasteiger partial charge is 0.215 e. The molecule has 48 heavy (non-hydrogen) atoms. The molecule has 17 atom stereocenters. The molecule has 0 aromatic heterocycles. The monoisotopic (exact) mass is 697 g/mol. The zero-order chi connectivity index (χ0) is 35.1. The molecule has 0 radical (unpaired) electrons. The Labute approximate surface area is 278 Å². The molecule has 280 valence electrons. The lowest BCUT2D eigenvalue weighted by Crippen LogP contribution is -2.66. The van der Waals surface area contributed by atoms with Crippen molar-refractivity contribution in [3.8, 4) is 0 Å². The SMILES string of the molecule is NCC(O)CN[C@@H]1C[C@H](N)[C@@H](O[C@H]2OC(CNCCO)=CC[C@H]2N)[C@H](O[C@@H]2O[C@H](CO)[C@@H](O[C@H]3O[C@@H](CN)[C@@H](O)[C@H](O)[C@H]3N)[C@H]2O)[C@H]1O. The van der Waals surface area contributed by atoms with Crippen molar-refractivity contribution >= 4 is 0 Å². The molecule has 0 spiro atoms. The summed E-state index contributed by atoms with van der Waals surface area (Å²) in [6.45, 7) is -0.165. The Morgan fingerprint density at radius 2 is 1.52 bits per heavy atom. The van der Waals surface area contributed by atoms with Crippen LogP contribution in [0.2, 0.25) is 0 Å². The zero-order valence-electron chi connectivity index (χ0n) is 26.7. The lowest BCUT2D eigenvalue weighted by Gasteiger charge is -2.46. The summed E-state index contributed by atoms with van der Waals surface area (Å²) in [4.78, 5) is 0. The molecule has 0 bridgehead atoms. The van der Waals surface area contributed by atoms with Crippen LogP contribution < -0.4 is 39.3 Å². The third-order valence-corrected chi connectivity index (χ3v) is 9.06. The van der Waals surface area contributed by atoms with Gasteiger partial charge < -0.3 is 103 Å². The second kappa shape index (κ2) is 18.3. The molecule has 3 aliphatic heterocycles. The van der Waals surface area contributed by atoms with Crippen LogP contribution in [0.5, 0.6) is 0 Å². The molecule has 20 heteroatoms. The maximum Gasteiger partial charge on any atom is 0.215 e. The maximum atomic E-state index is 11.6. The van der Waals surface area contributed by atoms with Crippen LogP contribution in [0.25, 0.3) is 0 Å². The van der Waals surface area contributed by atoms with E-state index in [1.165, 1.54) is 0 Å². The highest BCUT2D eigenvalue weighted by Gasteiger charge is 2.54. The number of ether oxygens (including phenoxy) is 6. The Morgan fingerprint density at radius 1 is 0.833 bits per heavy atom. The number of rotatable bonds is 16. The summed E-state index contributed by atoms with van der Waals surface area (Å²) in [5.74, 6) is 0.533. The van der Waals surface area contributed by atoms with Crippen LogP contribution in [0, 0.1) is 0 Å². The van der Waals surface area contributed by atoms with Crippen molar-refractivity contribution in [2.24, 2.45) is 28.7 Å². The lowest BCUT2D eigenvalue weighted by atomic mass is 9.83. The van der Waals surface area contributed by atoms with Crippen molar-refractivity contribution in [1.29, 1.82) is 0 Å². The highest BCUT2D eigenvalue weighted by Crippen LogP contribution is 2.34. The van der Waals surface area contributed by atoms with Crippen molar-refractivity contribution < 1.29 is 64.2 Å². The standard InChI is InChI=1S/C28H55N7O13/c29-6-11(38)8-35-15-5-14(32)23(46-26-13(31)2-1-12(43-26)9-34-3-4-36)25(19(15)39)48-28-22(42)24(17(10-37)45-28)47-27-18(33)21(41)20(40)16(7-30)44-27/h1,11,13-28,34-42H,2-10,29-33H2/t11?,13-,14+,15-,16+,17-,18-,19+,20-,21-,22-,23-,24-,25-,26-,27-,28+/m1/s1. The van der Waals surface area contributed by atoms with Gasteiger partial charge in [-0.1, -0.05) is 0 Å². The van der Waals surface area contributed by atoms with Gasteiger partial charge in [0.15, 0.2) is 12.6 Å². The summed E-state index contributed by atoms with van der Waals surface area (Å²) in [5, 5.41) is 78.8. The fourth-order valence-electron chi connectivity index (χ4n) is 6.21. The van der Waals surface area contributed by atoms with Crippen LogP contribution >= 0.6 is 0 Å². The fourth-order valence-corrected chi connectivity index (χ4v) is 6.21. The third kappa shape index (κ3) is 9.36. The predicted molar refractivity (Wildman–Crippen MR) is 165 cm³/mol. The first kappa shape index (κ1) is 39.6. The van der Waals surface area contributed by atoms with E-state index >= 15 is 0 Å². The topological polar surface area (TPSA) is 351 Å². The summed E-state index contributed by atoms with van der Waals surface area (Å²) in [6.07, 6.45) is -13.9. The molecule has 1 unspecified atom stereocenters. The molecular weight excluding hydrogens is 642 g/mol. The Bertz CT molecular complexity index is 1010. The van der Waals surface area contributed by atoms with Crippen molar-refractivity contribution in [3.05, 3.63) is 11.8 Å². The lowest BCUT2D eigenvalue weighted by molar-refractivity contribution is -0.282. The first-order valence-electron chi connectivity index (χ1n) is 16.3. The average molecular weight is 698 g/mol. The molecule has 0 amide bonds. The second-order valence-electron chi connectivity index (χ2n) is 12.6. The zero-order valence-corrected chi connectivity index (χ0v) is 26.7. The van der Waals surface area contributed by atoms with Crippen molar-refractivity contribution in [2.75, 3.05) is 45.9 Å². The van der Waals surface area contributed by atoms with Gasteiger partial charge in [-0.15, -0.1) is 0 Å². The highest BCUT2D eigenvalue weighted by atomic mass is 16.8. The number of hydrogen-bond acceptors (Lipinski definition) is 20. The van der Waals surface area contributed by atoms with Crippen LogP contribution in [0.4, 0.5) is 0 Å². The minimum absolute atomic E-state index is 0.0180. The number of hydrogen-bond donors (Lipinski definition) is 14. The Balaban J connectivity index is 1.52. The van der Waals surface area contributed by atoms with E-state index in [2.05, 4.69) is 10.6 Å². The Morgan fingerprint density at radius 3 is 2.19 bits per heavy atom. The minimum Gasteiger partial charge on any atom is -0.467 e. The highest BCUT2D eigenvalue weighted by molar-refractivity contribution is 5.05. The van der Waals surface area contributed by atoms with E-state index in [0.717, 1.165) is 0 Å². The van der Waals surface area contributed by atoms with E-state index in [1.54, 1.807) is 6.08 Å². The first-order valence-corrected chi connectivity index (χ1v) is 16.3. The van der Waals surface area contributed by atoms with Gasteiger partial charge in [0.2, 0.25) is 6.29 Å². The number of aliphatic hydroxyl groups is 7. The Kier molecular flexibility index (Phi) is 15.1. The first-order chi connectivity index (χ1) is 22.9. The molecule has 4 aliphatic rings. The number of nitrogens with two attached hydrogens (primary N) is 5. The summed E-state index contributed by atoms with van der Waals surface area (Å²) >= 11 is 0. The molecule has 4 rings (SSSR count). The van der Waals surface area contributed by atoms with Gasteiger partial charge in [0.1, 0.15) is 54.6 Å². The molecule has 0 aromatic rings. The number of aliphatic hydroxyl groups excluding tert-OH is 7. The Hall–Kier alpha value is -1.22. The van der Waals surface area contributed by atoms with Crippen LogP contribution in [0.15, 0.2) is 11.8 Å². The van der Waals surface area contributed by atoms with Gasteiger partial charge in [0, 0.05) is 38.3 Å². The molecule has 1 aliphatic carbocycles. The van der Waals surface area contributed by atoms with E-state index in [1.807, 2.05) is 0 Å². The molecule has 20 nitrogen and oxygen atoms in total. The van der Waals surface area contributed by atoms with Gasteiger partial charge in [0.05, 0.1) is 44.1 Å². The van der Waals surface area contributed by atoms with Crippen LogP contribution in [-0.4, -0.2) is 186 Å². The summed E-state index contributed by atoms with van der Waals surface area (Å²) < 4.78 is 35.8. The predicted octanol–water partition coefficient (Wildman–Crippen LogP) is -8.14. The molecule has 2 saturated heterocycles. The average Bonchev–Trinajstić information content (AvgIpc) is 3.37. The minimum atomic E-state index is -1.59. The molecule has 3 fully saturated rings. The summed E-state index contributed by atoms with van der Waals surface area (Å²) in [5.41, 5.74) is 30.1. The van der Waals surface area contributed by atoms with E-state index in [4.69, 9.17) is 62.2 Å². The van der Waals surface area contributed by atoms with Crippen LogP contribution in [0.3, 0.4) is 0 Å². The van der Waals surface area contributed by atoms with Crippen LogP contribution in [-0.2, 0) is 28.4 Å². The van der Waals surface area contributed by atoms with E-state index in [9.17, 15) is 30.6 Å². The fraction of sp³-hybridized carbons (Fsp3) is 0.929. The van der Waals surface area contributed by atoms with E-state index in [-0.39, 0.29) is 32.7 Å².